The first-order valence-corrected chi connectivity index (χ1v) is 10.2. The molecule has 0 saturated heterocycles. The summed E-state index contributed by atoms with van der Waals surface area (Å²) >= 11 is 6.65. The Morgan fingerprint density at radius 3 is 2.75 bits per heavy atom. The van der Waals surface area contributed by atoms with Gasteiger partial charge in [-0.2, -0.15) is 5.10 Å². The van der Waals surface area contributed by atoms with Crippen molar-refractivity contribution in [3.63, 3.8) is 0 Å². The summed E-state index contributed by atoms with van der Waals surface area (Å²) in [5, 5.41) is 6.49. The SMILES string of the molecule is Clc1ccccc1C1c2[nH]c3ccccc3c2CCN1CCCn1cccn1. The van der Waals surface area contributed by atoms with Crippen molar-refractivity contribution in [1.29, 1.82) is 0 Å². The molecule has 1 aliphatic heterocycles. The molecule has 142 valence electrons. The van der Waals surface area contributed by atoms with Crippen LogP contribution in [0.1, 0.15) is 29.3 Å². The molecule has 1 aliphatic rings. The third kappa shape index (κ3) is 3.13. The van der Waals surface area contributed by atoms with Crippen LogP contribution in [0.25, 0.3) is 10.9 Å². The van der Waals surface area contributed by atoms with Crippen molar-refractivity contribution in [3.05, 3.63) is 88.8 Å². The Balaban J connectivity index is 1.51. The summed E-state index contributed by atoms with van der Waals surface area (Å²) in [5.41, 5.74) is 5.11. The first kappa shape index (κ1) is 17.5. The van der Waals surface area contributed by atoms with Crippen LogP contribution in [-0.2, 0) is 13.0 Å². The Labute approximate surface area is 169 Å². The highest BCUT2D eigenvalue weighted by Crippen LogP contribution is 2.40. The van der Waals surface area contributed by atoms with E-state index in [1.807, 2.05) is 35.3 Å². The van der Waals surface area contributed by atoms with Gasteiger partial charge in [-0.3, -0.25) is 9.58 Å². The molecule has 0 radical (unpaired) electrons. The monoisotopic (exact) mass is 390 g/mol. The predicted octanol–water partition coefficient (Wildman–Crippen LogP) is 5.06. The topological polar surface area (TPSA) is 36.9 Å². The second kappa shape index (κ2) is 7.46. The summed E-state index contributed by atoms with van der Waals surface area (Å²) in [7, 11) is 0. The molecule has 0 amide bonds. The smallest absolute Gasteiger partial charge is 0.0771 e. The van der Waals surface area contributed by atoms with E-state index in [9.17, 15) is 0 Å². The lowest BCUT2D eigenvalue weighted by atomic mass is 9.92. The molecule has 3 heterocycles. The van der Waals surface area contributed by atoms with Crippen molar-refractivity contribution in [1.82, 2.24) is 19.7 Å². The maximum absolute atomic E-state index is 6.65. The highest BCUT2D eigenvalue weighted by molar-refractivity contribution is 6.31. The first-order chi connectivity index (χ1) is 13.8. The van der Waals surface area contributed by atoms with Gasteiger partial charge in [-0.1, -0.05) is 48.0 Å². The second-order valence-electron chi connectivity index (χ2n) is 7.40. The van der Waals surface area contributed by atoms with Gasteiger partial charge in [0, 0.05) is 53.6 Å². The zero-order valence-electron chi connectivity index (χ0n) is 15.7. The molecule has 0 fully saturated rings. The summed E-state index contributed by atoms with van der Waals surface area (Å²) in [6, 6.07) is 19.0. The number of halogens is 1. The first-order valence-electron chi connectivity index (χ1n) is 9.86. The number of aromatic nitrogens is 3. The molecule has 5 rings (SSSR count). The Morgan fingerprint density at radius 1 is 1.04 bits per heavy atom. The van der Waals surface area contributed by atoms with Crippen molar-refractivity contribution >= 4 is 22.5 Å². The molecule has 2 aromatic carbocycles. The van der Waals surface area contributed by atoms with Crippen LogP contribution in [0.5, 0.6) is 0 Å². The van der Waals surface area contributed by atoms with E-state index in [4.69, 9.17) is 11.6 Å². The minimum atomic E-state index is 0.155. The van der Waals surface area contributed by atoms with Crippen LogP contribution in [0.15, 0.2) is 67.0 Å². The normalized spacial score (nSPS) is 17.1. The zero-order chi connectivity index (χ0) is 18.9. The van der Waals surface area contributed by atoms with Crippen molar-refractivity contribution in [2.45, 2.75) is 25.4 Å². The number of aryl methyl sites for hydroxylation is 1. The van der Waals surface area contributed by atoms with E-state index in [0.29, 0.717) is 0 Å². The summed E-state index contributed by atoms with van der Waals surface area (Å²) < 4.78 is 2.00. The van der Waals surface area contributed by atoms with Gasteiger partial charge in [-0.05, 0) is 42.2 Å². The maximum Gasteiger partial charge on any atom is 0.0771 e. The van der Waals surface area contributed by atoms with Gasteiger partial charge in [0.05, 0.1) is 6.04 Å². The Morgan fingerprint density at radius 2 is 1.89 bits per heavy atom. The van der Waals surface area contributed by atoms with Gasteiger partial charge in [0.15, 0.2) is 0 Å². The molecule has 0 spiro atoms. The van der Waals surface area contributed by atoms with Crippen molar-refractivity contribution in [3.8, 4) is 0 Å². The highest BCUT2D eigenvalue weighted by atomic mass is 35.5. The zero-order valence-corrected chi connectivity index (χ0v) is 16.4. The molecular formula is C23H23ClN4. The molecule has 1 N–H and O–H groups in total. The Hall–Kier alpha value is -2.56. The van der Waals surface area contributed by atoms with Crippen molar-refractivity contribution in [2.24, 2.45) is 0 Å². The average molecular weight is 391 g/mol. The number of nitrogens with one attached hydrogen (secondary N) is 1. The fraction of sp³-hybridized carbons (Fsp3) is 0.261. The van der Waals surface area contributed by atoms with E-state index >= 15 is 0 Å². The minimum Gasteiger partial charge on any atom is -0.357 e. The van der Waals surface area contributed by atoms with E-state index in [0.717, 1.165) is 37.5 Å². The number of fused-ring (bicyclic) bond motifs is 3. The lowest BCUT2D eigenvalue weighted by molar-refractivity contribution is 0.204. The fourth-order valence-electron chi connectivity index (χ4n) is 4.45. The quantitative estimate of drug-likeness (QED) is 0.517. The van der Waals surface area contributed by atoms with Crippen molar-refractivity contribution in [2.75, 3.05) is 13.1 Å². The standard InChI is InChI=1S/C23H23ClN4/c24-20-9-3-1-8-19(20)23-22-18(17-7-2-4-10-21(17)26-22)11-16-27(23)13-6-15-28-14-5-12-25-28/h1-5,7-10,12,14,23,26H,6,11,13,15-16H2. The Bertz CT molecular complexity index is 1080. The third-order valence-corrected chi connectivity index (χ3v) is 6.07. The molecular weight excluding hydrogens is 368 g/mol. The summed E-state index contributed by atoms with van der Waals surface area (Å²) in [4.78, 5) is 6.27. The fourth-order valence-corrected chi connectivity index (χ4v) is 4.69. The average Bonchev–Trinajstić information content (AvgIpc) is 3.36. The number of aromatic amines is 1. The van der Waals surface area contributed by atoms with E-state index < -0.39 is 0 Å². The lowest BCUT2D eigenvalue weighted by Gasteiger charge is -2.36. The van der Waals surface area contributed by atoms with Gasteiger partial charge in [0.1, 0.15) is 0 Å². The number of rotatable bonds is 5. The molecule has 0 aliphatic carbocycles. The van der Waals surface area contributed by atoms with Crippen LogP contribution in [0.2, 0.25) is 5.02 Å². The minimum absolute atomic E-state index is 0.155. The van der Waals surface area contributed by atoms with Crippen LogP contribution < -0.4 is 0 Å². The van der Waals surface area contributed by atoms with E-state index in [-0.39, 0.29) is 6.04 Å². The van der Waals surface area contributed by atoms with Crippen LogP contribution in [0, 0.1) is 0 Å². The summed E-state index contributed by atoms with van der Waals surface area (Å²) in [5.74, 6) is 0. The van der Waals surface area contributed by atoms with E-state index in [1.54, 1.807) is 0 Å². The summed E-state index contributed by atoms with van der Waals surface area (Å²) in [6.45, 7) is 2.96. The van der Waals surface area contributed by atoms with Gasteiger partial charge in [0.25, 0.3) is 0 Å². The van der Waals surface area contributed by atoms with Gasteiger partial charge in [0.2, 0.25) is 0 Å². The number of hydrogen-bond acceptors (Lipinski definition) is 2. The number of H-pyrrole nitrogens is 1. The number of nitrogens with zero attached hydrogens (tertiary/aromatic N) is 3. The lowest BCUT2D eigenvalue weighted by Crippen LogP contribution is -2.37. The van der Waals surface area contributed by atoms with E-state index in [2.05, 4.69) is 51.4 Å². The second-order valence-corrected chi connectivity index (χ2v) is 7.80. The molecule has 0 saturated carbocycles. The van der Waals surface area contributed by atoms with Crippen LogP contribution in [-0.4, -0.2) is 32.8 Å². The van der Waals surface area contributed by atoms with E-state index in [1.165, 1.54) is 27.7 Å². The maximum atomic E-state index is 6.65. The third-order valence-electron chi connectivity index (χ3n) is 5.73. The molecule has 0 bridgehead atoms. The number of para-hydroxylation sites is 1. The molecule has 5 heteroatoms. The van der Waals surface area contributed by atoms with Crippen LogP contribution >= 0.6 is 11.6 Å². The van der Waals surface area contributed by atoms with Gasteiger partial charge >= 0.3 is 0 Å². The number of benzene rings is 2. The largest absolute Gasteiger partial charge is 0.357 e. The highest BCUT2D eigenvalue weighted by Gasteiger charge is 2.32. The molecule has 4 aromatic rings. The molecule has 1 unspecified atom stereocenters. The summed E-state index contributed by atoms with van der Waals surface area (Å²) in [6.07, 6.45) is 5.97. The van der Waals surface area contributed by atoms with Gasteiger partial charge < -0.3 is 4.98 Å². The molecule has 2 aromatic heterocycles. The Kier molecular flexibility index (Phi) is 4.67. The predicted molar refractivity (Wildman–Crippen MR) is 114 cm³/mol. The van der Waals surface area contributed by atoms with Crippen molar-refractivity contribution < 1.29 is 0 Å². The van der Waals surface area contributed by atoms with Gasteiger partial charge in [-0.25, -0.2) is 0 Å². The van der Waals surface area contributed by atoms with Gasteiger partial charge in [-0.15, -0.1) is 0 Å². The molecule has 28 heavy (non-hydrogen) atoms. The van der Waals surface area contributed by atoms with Crippen LogP contribution in [0.3, 0.4) is 0 Å². The molecule has 4 nitrogen and oxygen atoms in total. The number of hydrogen-bond donors (Lipinski definition) is 1. The van der Waals surface area contributed by atoms with Crippen LogP contribution in [0.4, 0.5) is 0 Å². The molecule has 1 atom stereocenters.